The van der Waals surface area contributed by atoms with E-state index < -0.39 is 11.6 Å². The van der Waals surface area contributed by atoms with Gasteiger partial charge in [0.2, 0.25) is 0 Å². The Bertz CT molecular complexity index is 1270. The molecule has 3 heterocycles. The topological polar surface area (TPSA) is 102 Å². The summed E-state index contributed by atoms with van der Waals surface area (Å²) >= 11 is 0. The first-order valence-corrected chi connectivity index (χ1v) is 10.8. The number of para-hydroxylation sites is 1. The van der Waals surface area contributed by atoms with E-state index in [-0.39, 0.29) is 12.0 Å². The molecule has 2 N–H and O–H groups in total. The number of rotatable bonds is 6. The van der Waals surface area contributed by atoms with Crippen LogP contribution in [0.4, 0.5) is 4.79 Å². The first-order chi connectivity index (χ1) is 15.9. The molecule has 33 heavy (non-hydrogen) atoms. The van der Waals surface area contributed by atoms with Crippen LogP contribution in [0, 0.1) is 6.92 Å². The van der Waals surface area contributed by atoms with Gasteiger partial charge in [-0.3, -0.25) is 15.1 Å². The molecule has 2 unspecified atom stereocenters. The highest BCUT2D eigenvalue weighted by molar-refractivity contribution is 6.09. The SMILES string of the molecule is Cc1cc(COc2ccc(C3CC(CC4(C)NC(=O)NC4=O)=NO3)cc2)c2ccccc2n1. The van der Waals surface area contributed by atoms with Gasteiger partial charge >= 0.3 is 6.03 Å². The number of nitrogens with one attached hydrogen (secondary N) is 2. The fourth-order valence-corrected chi connectivity index (χ4v) is 4.28. The van der Waals surface area contributed by atoms with E-state index in [1.807, 2.05) is 49.4 Å². The van der Waals surface area contributed by atoms with E-state index in [9.17, 15) is 9.59 Å². The molecule has 2 aliphatic heterocycles. The number of nitrogens with zero attached hydrogens (tertiary/aromatic N) is 2. The van der Waals surface area contributed by atoms with Gasteiger partial charge in [-0.15, -0.1) is 0 Å². The van der Waals surface area contributed by atoms with Crippen molar-refractivity contribution in [2.24, 2.45) is 5.16 Å². The molecule has 1 saturated heterocycles. The third-order valence-corrected chi connectivity index (χ3v) is 5.98. The zero-order valence-electron chi connectivity index (χ0n) is 18.4. The molecule has 0 radical (unpaired) electrons. The fraction of sp³-hybridized carbons (Fsp3) is 0.280. The molecule has 8 nitrogen and oxygen atoms in total. The lowest BCUT2D eigenvalue weighted by molar-refractivity contribution is -0.123. The zero-order valence-corrected chi connectivity index (χ0v) is 18.4. The number of urea groups is 1. The number of ether oxygens (including phenoxy) is 1. The average molecular weight is 444 g/mol. The molecule has 2 aromatic carbocycles. The van der Waals surface area contributed by atoms with Crippen molar-refractivity contribution >= 4 is 28.6 Å². The van der Waals surface area contributed by atoms with Gasteiger partial charge in [-0.05, 0) is 43.7 Å². The monoisotopic (exact) mass is 444 g/mol. The number of aryl methyl sites for hydroxylation is 1. The average Bonchev–Trinajstić information content (AvgIpc) is 3.35. The Morgan fingerprint density at radius 1 is 1.15 bits per heavy atom. The Morgan fingerprint density at radius 3 is 2.70 bits per heavy atom. The standard InChI is InChI=1S/C25H24N4O4/c1-15-11-17(20-5-3-4-6-21(20)26-15)14-32-19-9-7-16(8-10-19)22-12-18(29-33-22)13-25(2)23(30)27-24(31)28-25/h3-11,22H,12-14H2,1-2H3,(H2,27,28,30,31). The van der Waals surface area contributed by atoms with Gasteiger partial charge in [0, 0.05) is 29.5 Å². The quantitative estimate of drug-likeness (QED) is 0.561. The van der Waals surface area contributed by atoms with E-state index in [1.165, 1.54) is 0 Å². The first-order valence-electron chi connectivity index (χ1n) is 10.8. The number of amides is 3. The van der Waals surface area contributed by atoms with Crippen LogP contribution in [0.2, 0.25) is 0 Å². The number of oxime groups is 1. The minimum Gasteiger partial charge on any atom is -0.489 e. The van der Waals surface area contributed by atoms with Crippen LogP contribution in [0.1, 0.15) is 42.7 Å². The third-order valence-electron chi connectivity index (χ3n) is 5.98. The minimum atomic E-state index is -0.999. The number of hydrogen-bond acceptors (Lipinski definition) is 6. The van der Waals surface area contributed by atoms with Gasteiger partial charge in [0.15, 0.2) is 6.10 Å². The van der Waals surface area contributed by atoms with E-state index in [0.717, 1.165) is 39.2 Å². The number of carbonyl (C=O) groups is 2. The summed E-state index contributed by atoms with van der Waals surface area (Å²) in [5.74, 6) is 0.409. The van der Waals surface area contributed by atoms with E-state index in [0.29, 0.717) is 19.4 Å². The minimum absolute atomic E-state index is 0.232. The van der Waals surface area contributed by atoms with Crippen molar-refractivity contribution in [1.82, 2.24) is 15.6 Å². The molecule has 1 fully saturated rings. The first kappa shape index (κ1) is 20.9. The van der Waals surface area contributed by atoms with Gasteiger partial charge in [-0.25, -0.2) is 4.79 Å². The summed E-state index contributed by atoms with van der Waals surface area (Å²) in [6.07, 6.45) is 0.632. The molecule has 3 amide bonds. The lowest BCUT2D eigenvalue weighted by atomic mass is 9.92. The molecule has 168 valence electrons. The fourth-order valence-electron chi connectivity index (χ4n) is 4.28. The zero-order chi connectivity index (χ0) is 23.0. The predicted octanol–water partition coefficient (Wildman–Crippen LogP) is 3.93. The number of fused-ring (bicyclic) bond motifs is 1. The van der Waals surface area contributed by atoms with Crippen LogP contribution in [0.15, 0.2) is 59.8 Å². The predicted molar refractivity (Wildman–Crippen MR) is 123 cm³/mol. The molecule has 5 rings (SSSR count). The molecule has 3 aromatic rings. The molecular formula is C25H24N4O4. The van der Waals surface area contributed by atoms with Crippen molar-refractivity contribution in [2.45, 2.75) is 44.9 Å². The number of imide groups is 1. The van der Waals surface area contributed by atoms with Gasteiger partial charge in [-0.2, -0.15) is 0 Å². The summed E-state index contributed by atoms with van der Waals surface area (Å²) in [6.45, 7) is 4.11. The molecule has 1 aromatic heterocycles. The Morgan fingerprint density at radius 2 is 1.94 bits per heavy atom. The van der Waals surface area contributed by atoms with Crippen molar-refractivity contribution in [3.8, 4) is 5.75 Å². The Hall–Kier alpha value is -3.94. The van der Waals surface area contributed by atoms with Gasteiger partial charge in [0.25, 0.3) is 5.91 Å². The second-order valence-corrected chi connectivity index (χ2v) is 8.67. The number of benzene rings is 2. The number of carbonyl (C=O) groups excluding carboxylic acids is 2. The highest BCUT2D eigenvalue weighted by Crippen LogP contribution is 2.32. The van der Waals surface area contributed by atoms with E-state index >= 15 is 0 Å². The van der Waals surface area contributed by atoms with Crippen LogP contribution in [0.5, 0.6) is 5.75 Å². The van der Waals surface area contributed by atoms with Crippen LogP contribution in [-0.4, -0.2) is 28.2 Å². The van der Waals surface area contributed by atoms with Crippen LogP contribution in [0.25, 0.3) is 10.9 Å². The second-order valence-electron chi connectivity index (χ2n) is 8.67. The Kier molecular flexibility index (Phi) is 5.20. The van der Waals surface area contributed by atoms with Crippen molar-refractivity contribution in [3.63, 3.8) is 0 Å². The number of aromatic nitrogens is 1. The second kappa shape index (κ2) is 8.20. The largest absolute Gasteiger partial charge is 0.489 e. The third kappa shape index (κ3) is 4.24. The molecule has 0 spiro atoms. The van der Waals surface area contributed by atoms with Gasteiger partial charge in [0.1, 0.15) is 17.9 Å². The summed E-state index contributed by atoms with van der Waals surface area (Å²) in [6, 6.07) is 17.4. The highest BCUT2D eigenvalue weighted by Gasteiger charge is 2.43. The maximum absolute atomic E-state index is 12.0. The highest BCUT2D eigenvalue weighted by atomic mass is 16.6. The molecule has 0 saturated carbocycles. The Balaban J connectivity index is 1.21. The molecule has 0 aliphatic carbocycles. The summed E-state index contributed by atoms with van der Waals surface area (Å²) in [5, 5.41) is 10.2. The molecule has 0 bridgehead atoms. The molecule has 2 atom stereocenters. The summed E-state index contributed by atoms with van der Waals surface area (Å²) < 4.78 is 6.04. The van der Waals surface area contributed by atoms with Crippen molar-refractivity contribution < 1.29 is 19.2 Å². The Labute approximate surface area is 191 Å². The summed E-state index contributed by atoms with van der Waals surface area (Å²) in [7, 11) is 0. The smallest absolute Gasteiger partial charge is 0.322 e. The summed E-state index contributed by atoms with van der Waals surface area (Å²) in [5.41, 5.74) is 3.72. The van der Waals surface area contributed by atoms with E-state index in [2.05, 4.69) is 32.9 Å². The van der Waals surface area contributed by atoms with Crippen molar-refractivity contribution in [1.29, 1.82) is 0 Å². The van der Waals surface area contributed by atoms with Gasteiger partial charge in [0.05, 0.1) is 11.2 Å². The van der Waals surface area contributed by atoms with E-state index in [4.69, 9.17) is 9.57 Å². The van der Waals surface area contributed by atoms with Crippen molar-refractivity contribution in [2.75, 3.05) is 0 Å². The molecule has 8 heteroatoms. The van der Waals surface area contributed by atoms with Crippen LogP contribution in [0.3, 0.4) is 0 Å². The normalized spacial score (nSPS) is 22.0. The van der Waals surface area contributed by atoms with Crippen LogP contribution < -0.4 is 15.4 Å². The number of hydrogen-bond donors (Lipinski definition) is 2. The summed E-state index contributed by atoms with van der Waals surface area (Å²) in [4.78, 5) is 33.7. The maximum Gasteiger partial charge on any atom is 0.322 e. The van der Waals surface area contributed by atoms with Crippen LogP contribution in [-0.2, 0) is 16.2 Å². The molecular weight excluding hydrogens is 420 g/mol. The lowest BCUT2D eigenvalue weighted by Gasteiger charge is -2.19. The van der Waals surface area contributed by atoms with Gasteiger partial charge < -0.3 is 14.9 Å². The van der Waals surface area contributed by atoms with Crippen molar-refractivity contribution in [3.05, 3.63) is 71.4 Å². The lowest BCUT2D eigenvalue weighted by Crippen LogP contribution is -2.45. The van der Waals surface area contributed by atoms with Gasteiger partial charge in [-0.1, -0.05) is 35.5 Å². The maximum atomic E-state index is 12.0. The number of pyridine rings is 1. The molecule has 2 aliphatic rings. The van der Waals surface area contributed by atoms with E-state index in [1.54, 1.807) is 6.92 Å². The van der Waals surface area contributed by atoms with Crippen LogP contribution >= 0.6 is 0 Å².